The van der Waals surface area contributed by atoms with E-state index >= 15 is 0 Å². The lowest BCUT2D eigenvalue weighted by atomic mass is 10.3. The second-order valence-corrected chi connectivity index (χ2v) is 6.52. The lowest BCUT2D eigenvalue weighted by Gasteiger charge is -2.09. The molecule has 0 aliphatic rings. The summed E-state index contributed by atoms with van der Waals surface area (Å²) in [6.07, 6.45) is -4.68. The van der Waals surface area contributed by atoms with Crippen molar-refractivity contribution in [2.24, 2.45) is 0 Å². The average molecular weight is 450 g/mol. The minimum Gasteiger partial charge on any atom is -0.506 e. The number of benzene rings is 1. The number of hydrogen-bond acceptors (Lipinski definition) is 4. The van der Waals surface area contributed by atoms with E-state index in [1.54, 1.807) is 0 Å². The van der Waals surface area contributed by atoms with E-state index in [9.17, 15) is 23.1 Å². The Hall–Kier alpha value is -2.33. The molecule has 0 radical (unpaired) electrons. The minimum absolute atomic E-state index is 0.00774. The molecule has 0 aliphatic carbocycles. The van der Waals surface area contributed by atoms with Gasteiger partial charge >= 0.3 is 6.18 Å². The summed E-state index contributed by atoms with van der Waals surface area (Å²) in [5, 5.41) is 16.1. The summed E-state index contributed by atoms with van der Waals surface area (Å²) in [6, 6.07) is 4.80. The third-order valence-electron chi connectivity index (χ3n) is 3.37. The zero-order valence-electron chi connectivity index (χ0n) is 12.9. The molecule has 0 spiro atoms. The Kier molecular flexibility index (Phi) is 4.57. The van der Waals surface area contributed by atoms with Crippen LogP contribution in [0.3, 0.4) is 0 Å². The molecule has 0 bridgehead atoms. The molecule has 11 heteroatoms. The second-order valence-electron chi connectivity index (χ2n) is 5.29. The van der Waals surface area contributed by atoms with Gasteiger partial charge in [-0.1, -0.05) is 11.6 Å². The number of aryl methyl sites for hydroxylation is 1. The predicted octanol–water partition coefficient (Wildman–Crippen LogP) is 4.43. The normalized spacial score (nSPS) is 11.8. The van der Waals surface area contributed by atoms with Crippen molar-refractivity contribution in [2.45, 2.75) is 13.1 Å². The topological polar surface area (TPSA) is 79.5 Å². The number of phenolic OH excluding ortho intramolecular Hbond substituents is 1. The summed E-state index contributed by atoms with van der Waals surface area (Å²) < 4.78 is 40.2. The fourth-order valence-corrected chi connectivity index (χ4v) is 2.94. The predicted molar refractivity (Wildman–Crippen MR) is 91.5 cm³/mol. The van der Waals surface area contributed by atoms with Gasteiger partial charge in [-0.05, 0) is 47.1 Å². The van der Waals surface area contributed by atoms with E-state index in [1.165, 1.54) is 25.1 Å². The minimum atomic E-state index is -4.68. The van der Waals surface area contributed by atoms with E-state index in [1.807, 2.05) is 0 Å². The van der Waals surface area contributed by atoms with Crippen LogP contribution in [0.15, 0.2) is 28.7 Å². The standard InChI is InChI=1S/C15H9BrClF3N4O2/c1-6-4-10(15(18,19)20)24-13(21-6)11(16)12(23-24)14(26)22-8-5-7(17)2-3-9(8)25/h2-5,25H,1H3,(H,22,26). The van der Waals surface area contributed by atoms with E-state index in [4.69, 9.17) is 11.6 Å². The fourth-order valence-electron chi connectivity index (χ4n) is 2.25. The Morgan fingerprint density at radius 2 is 2.04 bits per heavy atom. The van der Waals surface area contributed by atoms with Crippen LogP contribution in [0.5, 0.6) is 5.75 Å². The molecule has 0 aliphatic heterocycles. The number of anilines is 1. The molecule has 3 aromatic rings. The maximum absolute atomic E-state index is 13.2. The number of amides is 1. The first-order valence-corrected chi connectivity index (χ1v) is 8.18. The van der Waals surface area contributed by atoms with Crippen molar-refractivity contribution < 1.29 is 23.1 Å². The average Bonchev–Trinajstić information content (AvgIpc) is 2.86. The number of fused-ring (bicyclic) bond motifs is 1. The Morgan fingerprint density at radius 3 is 2.69 bits per heavy atom. The Bertz CT molecular complexity index is 1040. The van der Waals surface area contributed by atoms with E-state index in [-0.39, 0.29) is 38.0 Å². The van der Waals surface area contributed by atoms with Gasteiger partial charge in [0.2, 0.25) is 0 Å². The first kappa shape index (κ1) is 18.5. The number of halogens is 5. The van der Waals surface area contributed by atoms with Gasteiger partial charge in [-0.2, -0.15) is 18.3 Å². The first-order valence-electron chi connectivity index (χ1n) is 7.01. The summed E-state index contributed by atoms with van der Waals surface area (Å²) in [5.41, 5.74) is -1.44. The largest absolute Gasteiger partial charge is 0.506 e. The summed E-state index contributed by atoms with van der Waals surface area (Å²) in [5.74, 6) is -1.10. The Balaban J connectivity index is 2.09. The molecule has 6 nitrogen and oxygen atoms in total. The van der Waals surface area contributed by atoms with Crippen molar-refractivity contribution in [1.29, 1.82) is 0 Å². The van der Waals surface area contributed by atoms with Crippen molar-refractivity contribution in [3.8, 4) is 5.75 Å². The van der Waals surface area contributed by atoms with Gasteiger partial charge < -0.3 is 10.4 Å². The second kappa shape index (κ2) is 6.44. The van der Waals surface area contributed by atoms with Gasteiger partial charge in [0.15, 0.2) is 11.3 Å². The maximum atomic E-state index is 13.2. The quantitative estimate of drug-likeness (QED) is 0.567. The molecular formula is C15H9BrClF3N4O2. The number of nitrogens with one attached hydrogen (secondary N) is 1. The van der Waals surface area contributed by atoms with Crippen LogP contribution in [-0.4, -0.2) is 25.6 Å². The van der Waals surface area contributed by atoms with Crippen LogP contribution >= 0.6 is 27.5 Å². The van der Waals surface area contributed by atoms with Crippen LogP contribution in [0, 0.1) is 6.92 Å². The molecule has 2 aromatic heterocycles. The smallest absolute Gasteiger partial charge is 0.433 e. The number of aromatic hydroxyl groups is 1. The molecule has 2 heterocycles. The number of alkyl halides is 3. The lowest BCUT2D eigenvalue weighted by Crippen LogP contribution is -2.16. The third-order valence-corrected chi connectivity index (χ3v) is 4.34. The summed E-state index contributed by atoms with van der Waals surface area (Å²) in [7, 11) is 0. The number of carbonyl (C=O) groups excluding carboxylic acids is 1. The van der Waals surface area contributed by atoms with Gasteiger partial charge in [0.1, 0.15) is 11.4 Å². The zero-order valence-corrected chi connectivity index (χ0v) is 15.2. The van der Waals surface area contributed by atoms with Crippen molar-refractivity contribution in [3.63, 3.8) is 0 Å². The number of phenols is 1. The van der Waals surface area contributed by atoms with E-state index < -0.39 is 17.8 Å². The third kappa shape index (κ3) is 3.34. The molecule has 1 amide bonds. The van der Waals surface area contributed by atoms with Gasteiger partial charge in [-0.15, -0.1) is 0 Å². The Morgan fingerprint density at radius 1 is 1.35 bits per heavy atom. The van der Waals surface area contributed by atoms with Gasteiger partial charge in [-0.25, -0.2) is 9.50 Å². The molecular weight excluding hydrogens is 441 g/mol. The van der Waals surface area contributed by atoms with Crippen molar-refractivity contribution in [2.75, 3.05) is 5.32 Å². The summed E-state index contributed by atoms with van der Waals surface area (Å²) >= 11 is 8.88. The monoisotopic (exact) mass is 448 g/mol. The van der Waals surface area contributed by atoms with Crippen LogP contribution in [0.25, 0.3) is 5.65 Å². The highest BCUT2D eigenvalue weighted by Crippen LogP contribution is 2.33. The van der Waals surface area contributed by atoms with Gasteiger partial charge in [-0.3, -0.25) is 4.79 Å². The summed E-state index contributed by atoms with van der Waals surface area (Å²) in [4.78, 5) is 16.4. The number of hydrogen-bond donors (Lipinski definition) is 2. The highest BCUT2D eigenvalue weighted by atomic mass is 79.9. The van der Waals surface area contributed by atoms with Crippen molar-refractivity contribution >= 4 is 44.8 Å². The Labute approximate surface area is 157 Å². The van der Waals surface area contributed by atoms with E-state index in [0.29, 0.717) is 4.52 Å². The van der Waals surface area contributed by atoms with Crippen molar-refractivity contribution in [1.82, 2.24) is 14.6 Å². The highest BCUT2D eigenvalue weighted by Gasteiger charge is 2.36. The van der Waals surface area contributed by atoms with E-state index in [2.05, 4.69) is 31.3 Å². The molecule has 2 N–H and O–H groups in total. The van der Waals surface area contributed by atoms with Crippen molar-refractivity contribution in [3.05, 3.63) is 50.8 Å². The molecule has 0 saturated carbocycles. The van der Waals surface area contributed by atoms with Gasteiger partial charge in [0.05, 0.1) is 10.2 Å². The molecule has 1 aromatic carbocycles. The number of rotatable bonds is 2. The molecule has 3 rings (SSSR count). The van der Waals surface area contributed by atoms with Crippen LogP contribution in [-0.2, 0) is 6.18 Å². The first-order chi connectivity index (χ1) is 12.1. The highest BCUT2D eigenvalue weighted by molar-refractivity contribution is 9.10. The number of carbonyl (C=O) groups is 1. The van der Waals surface area contributed by atoms with Crippen LogP contribution in [0.1, 0.15) is 21.9 Å². The number of nitrogens with zero attached hydrogens (tertiary/aromatic N) is 3. The number of aromatic nitrogens is 3. The molecule has 0 fully saturated rings. The van der Waals surface area contributed by atoms with Crippen LogP contribution in [0.4, 0.5) is 18.9 Å². The van der Waals surface area contributed by atoms with Crippen LogP contribution < -0.4 is 5.32 Å². The molecule has 0 saturated heterocycles. The molecule has 0 atom stereocenters. The lowest BCUT2D eigenvalue weighted by molar-refractivity contribution is -0.142. The van der Waals surface area contributed by atoms with Gasteiger partial charge in [0, 0.05) is 10.7 Å². The molecule has 26 heavy (non-hydrogen) atoms. The molecule has 136 valence electrons. The zero-order chi connectivity index (χ0) is 19.2. The SMILES string of the molecule is Cc1cc(C(F)(F)F)n2nc(C(=O)Nc3cc(Cl)ccc3O)c(Br)c2n1. The summed E-state index contributed by atoms with van der Waals surface area (Å²) in [6.45, 7) is 1.40. The van der Waals surface area contributed by atoms with Crippen LogP contribution in [0.2, 0.25) is 5.02 Å². The van der Waals surface area contributed by atoms with Gasteiger partial charge in [0.25, 0.3) is 5.91 Å². The maximum Gasteiger partial charge on any atom is 0.433 e. The fraction of sp³-hybridized carbons (Fsp3) is 0.133. The van der Waals surface area contributed by atoms with E-state index in [0.717, 1.165) is 6.07 Å². The molecule has 0 unspecified atom stereocenters.